The number of nitrogens with one attached hydrogen (secondary N) is 2. The number of methoxy groups -OCH3 is 1. The van der Waals surface area contributed by atoms with Crippen molar-refractivity contribution in [1.82, 2.24) is 30.5 Å². The minimum Gasteiger partial charge on any atom is -0.497 e. The van der Waals surface area contributed by atoms with E-state index in [2.05, 4.69) is 25.8 Å². The van der Waals surface area contributed by atoms with Gasteiger partial charge in [-0.25, -0.2) is 4.68 Å². The summed E-state index contributed by atoms with van der Waals surface area (Å²) >= 11 is 0. The van der Waals surface area contributed by atoms with Gasteiger partial charge in [-0.15, -0.1) is 5.10 Å². The maximum Gasteiger partial charge on any atom is 0.274 e. The first-order valence-electron chi connectivity index (χ1n) is 9.03. The molecule has 4 rings (SSSR count). The number of hydrogen-bond acceptors (Lipinski definition) is 6. The summed E-state index contributed by atoms with van der Waals surface area (Å²) in [4.78, 5) is 12.6. The molecule has 1 atom stereocenters. The first kappa shape index (κ1) is 18.2. The third kappa shape index (κ3) is 3.36. The third-order valence-electron chi connectivity index (χ3n) is 5.01. The number of fused-ring (bicyclic) bond motifs is 1. The fraction of sp³-hybridized carbons (Fsp3) is 0.368. The number of carbonyl (C=O) groups excluding carboxylic acids is 1. The van der Waals surface area contributed by atoms with Gasteiger partial charge in [-0.2, -0.15) is 5.10 Å². The number of hydrogen-bond donors (Lipinski definition) is 2. The summed E-state index contributed by atoms with van der Waals surface area (Å²) in [6.07, 6.45) is -0.146. The van der Waals surface area contributed by atoms with E-state index in [9.17, 15) is 4.79 Å². The normalized spacial score (nSPS) is 15.9. The van der Waals surface area contributed by atoms with Crippen LogP contribution in [0, 0.1) is 13.8 Å². The van der Waals surface area contributed by atoms with E-state index in [-0.39, 0.29) is 18.6 Å². The molecule has 28 heavy (non-hydrogen) atoms. The second kappa shape index (κ2) is 7.43. The van der Waals surface area contributed by atoms with Crippen molar-refractivity contribution < 1.29 is 14.3 Å². The molecule has 9 nitrogen and oxygen atoms in total. The van der Waals surface area contributed by atoms with Gasteiger partial charge in [-0.3, -0.25) is 9.89 Å². The number of rotatable bonds is 5. The number of aromatic amines is 1. The van der Waals surface area contributed by atoms with Crippen molar-refractivity contribution in [3.05, 3.63) is 58.2 Å². The molecule has 146 valence electrons. The zero-order valence-electron chi connectivity index (χ0n) is 16.0. The fourth-order valence-electron chi connectivity index (χ4n) is 3.30. The summed E-state index contributed by atoms with van der Waals surface area (Å²) in [7, 11) is 1.63. The molecule has 1 aliphatic rings. The van der Waals surface area contributed by atoms with Crippen molar-refractivity contribution in [2.45, 2.75) is 39.6 Å². The van der Waals surface area contributed by atoms with E-state index < -0.39 is 0 Å². The van der Waals surface area contributed by atoms with Gasteiger partial charge >= 0.3 is 0 Å². The van der Waals surface area contributed by atoms with Crippen LogP contribution in [0.25, 0.3) is 0 Å². The smallest absolute Gasteiger partial charge is 0.274 e. The van der Waals surface area contributed by atoms with Gasteiger partial charge in [-0.1, -0.05) is 17.3 Å². The predicted octanol–water partition coefficient (Wildman–Crippen LogP) is 1.83. The average Bonchev–Trinajstić information content (AvgIpc) is 3.29. The summed E-state index contributed by atoms with van der Waals surface area (Å²) < 4.78 is 12.9. The number of amides is 1. The second-order valence-corrected chi connectivity index (χ2v) is 6.73. The van der Waals surface area contributed by atoms with Crippen molar-refractivity contribution >= 4 is 5.91 Å². The number of carbonyl (C=O) groups is 1. The molecular weight excluding hydrogens is 360 g/mol. The molecule has 1 amide bonds. The van der Waals surface area contributed by atoms with E-state index in [1.807, 2.05) is 38.1 Å². The number of H-pyrrole nitrogens is 1. The van der Waals surface area contributed by atoms with Crippen LogP contribution in [0.15, 0.2) is 24.3 Å². The van der Waals surface area contributed by atoms with Crippen molar-refractivity contribution in [3.63, 3.8) is 0 Å². The molecule has 0 fully saturated rings. The Hall–Kier alpha value is -3.20. The lowest BCUT2D eigenvalue weighted by Gasteiger charge is -2.24. The monoisotopic (exact) mass is 382 g/mol. The van der Waals surface area contributed by atoms with Crippen LogP contribution in [0.2, 0.25) is 0 Å². The van der Waals surface area contributed by atoms with Gasteiger partial charge in [0.05, 0.1) is 31.6 Å². The summed E-state index contributed by atoms with van der Waals surface area (Å²) in [6.45, 7) is 4.99. The van der Waals surface area contributed by atoms with Crippen LogP contribution >= 0.6 is 0 Å². The van der Waals surface area contributed by atoms with Gasteiger partial charge in [0, 0.05) is 17.8 Å². The van der Waals surface area contributed by atoms with Crippen molar-refractivity contribution in [1.29, 1.82) is 0 Å². The number of nitrogens with zero attached hydrogens (tertiary/aromatic N) is 4. The highest BCUT2D eigenvalue weighted by Crippen LogP contribution is 2.28. The van der Waals surface area contributed by atoms with Crippen LogP contribution in [0.4, 0.5) is 0 Å². The Kier molecular flexibility index (Phi) is 4.82. The van der Waals surface area contributed by atoms with Gasteiger partial charge < -0.3 is 14.8 Å². The molecule has 9 heteroatoms. The molecule has 0 aliphatic carbocycles. The van der Waals surface area contributed by atoms with Gasteiger partial charge in [-0.05, 0) is 31.5 Å². The van der Waals surface area contributed by atoms with Gasteiger partial charge in [0.15, 0.2) is 5.69 Å². The first-order chi connectivity index (χ1) is 13.6. The molecule has 1 unspecified atom stereocenters. The largest absolute Gasteiger partial charge is 0.497 e. The van der Waals surface area contributed by atoms with Crippen LogP contribution in [-0.2, 0) is 24.4 Å². The topological polar surface area (TPSA) is 107 Å². The number of ether oxygens (including phenoxy) is 2. The van der Waals surface area contributed by atoms with E-state index in [1.165, 1.54) is 0 Å². The lowest BCUT2D eigenvalue weighted by molar-refractivity contribution is -0.00179. The minimum absolute atomic E-state index is 0.146. The SMILES string of the molecule is COc1ccc(C2Cn3nnc(C(=O)NCc4c(C)n[nH]c4C)c3CO2)cc1. The molecule has 3 heterocycles. The lowest BCUT2D eigenvalue weighted by Crippen LogP contribution is -2.27. The van der Waals surface area contributed by atoms with Crippen LogP contribution in [0.3, 0.4) is 0 Å². The Morgan fingerprint density at radius 2 is 2.14 bits per heavy atom. The summed E-state index contributed by atoms with van der Waals surface area (Å²) in [5.74, 6) is 0.524. The second-order valence-electron chi connectivity index (χ2n) is 6.73. The molecular formula is C19H22N6O3. The number of aryl methyl sites for hydroxylation is 2. The lowest BCUT2D eigenvalue weighted by atomic mass is 10.1. The molecule has 0 saturated heterocycles. The zero-order valence-corrected chi connectivity index (χ0v) is 16.0. The highest BCUT2D eigenvalue weighted by molar-refractivity contribution is 5.93. The van der Waals surface area contributed by atoms with E-state index in [0.717, 1.165) is 28.3 Å². The Morgan fingerprint density at radius 3 is 2.82 bits per heavy atom. The molecule has 3 aromatic rings. The molecule has 0 bridgehead atoms. The first-order valence-corrected chi connectivity index (χ1v) is 9.03. The minimum atomic E-state index is -0.271. The Morgan fingerprint density at radius 1 is 1.36 bits per heavy atom. The molecule has 1 aliphatic heterocycles. The Bertz CT molecular complexity index is 972. The van der Waals surface area contributed by atoms with Gasteiger partial charge in [0.2, 0.25) is 0 Å². The highest BCUT2D eigenvalue weighted by Gasteiger charge is 2.27. The van der Waals surface area contributed by atoms with Gasteiger partial charge in [0.25, 0.3) is 5.91 Å². The zero-order chi connectivity index (χ0) is 19.7. The van der Waals surface area contributed by atoms with Crippen LogP contribution in [-0.4, -0.2) is 38.2 Å². The number of benzene rings is 1. The summed E-state index contributed by atoms with van der Waals surface area (Å²) in [5, 5.41) is 18.2. The predicted molar refractivity (Wildman–Crippen MR) is 99.8 cm³/mol. The number of aromatic nitrogens is 5. The van der Waals surface area contributed by atoms with Crippen molar-refractivity contribution in [3.8, 4) is 5.75 Å². The molecule has 2 aromatic heterocycles. The van der Waals surface area contributed by atoms with Crippen LogP contribution < -0.4 is 10.1 Å². The summed E-state index contributed by atoms with van der Waals surface area (Å²) in [6, 6.07) is 7.73. The molecule has 0 saturated carbocycles. The summed E-state index contributed by atoms with van der Waals surface area (Å²) in [5.41, 5.74) is 4.79. The molecule has 0 spiro atoms. The van der Waals surface area contributed by atoms with E-state index >= 15 is 0 Å². The van der Waals surface area contributed by atoms with Gasteiger partial charge in [0.1, 0.15) is 11.9 Å². The van der Waals surface area contributed by atoms with Crippen LogP contribution in [0.5, 0.6) is 5.75 Å². The quantitative estimate of drug-likeness (QED) is 0.697. The fourth-order valence-corrected chi connectivity index (χ4v) is 3.30. The Balaban J connectivity index is 1.45. The van der Waals surface area contributed by atoms with Crippen molar-refractivity contribution in [2.24, 2.45) is 0 Å². The average molecular weight is 382 g/mol. The maximum absolute atomic E-state index is 12.6. The van der Waals surface area contributed by atoms with E-state index in [0.29, 0.717) is 24.5 Å². The highest BCUT2D eigenvalue weighted by atomic mass is 16.5. The van der Waals surface area contributed by atoms with E-state index in [4.69, 9.17) is 9.47 Å². The Labute approximate surface area is 162 Å². The molecule has 0 radical (unpaired) electrons. The molecule has 2 N–H and O–H groups in total. The standard InChI is InChI=1S/C19H22N6O3/c1-11-15(12(2)22-21-11)8-20-19(26)18-16-10-28-17(9-25(16)24-23-18)13-4-6-14(27-3)7-5-13/h4-7,17H,8-10H2,1-3H3,(H,20,26)(H,21,22). The van der Waals surface area contributed by atoms with Crippen molar-refractivity contribution in [2.75, 3.05) is 7.11 Å². The van der Waals surface area contributed by atoms with Crippen LogP contribution in [0.1, 0.15) is 44.8 Å². The van der Waals surface area contributed by atoms with E-state index in [1.54, 1.807) is 11.8 Å². The third-order valence-corrected chi connectivity index (χ3v) is 5.01. The molecule has 1 aromatic carbocycles. The maximum atomic E-state index is 12.6.